The predicted octanol–water partition coefficient (Wildman–Crippen LogP) is 5.94. The van der Waals surface area contributed by atoms with Crippen molar-refractivity contribution in [2.24, 2.45) is 10.9 Å². The van der Waals surface area contributed by atoms with Gasteiger partial charge in [0.15, 0.2) is 6.17 Å². The molecular formula is C27H27FN2O. The van der Waals surface area contributed by atoms with Crippen molar-refractivity contribution in [1.29, 1.82) is 0 Å². The van der Waals surface area contributed by atoms with Crippen LogP contribution in [0.15, 0.2) is 108 Å². The Labute approximate surface area is 183 Å². The molecule has 4 heteroatoms. The van der Waals surface area contributed by atoms with Crippen molar-refractivity contribution in [3.63, 3.8) is 0 Å². The Morgan fingerprint density at radius 1 is 1.06 bits per heavy atom. The largest absolute Gasteiger partial charge is 0.498 e. The first kappa shape index (κ1) is 20.9. The van der Waals surface area contributed by atoms with Gasteiger partial charge in [-0.15, -0.1) is 0 Å². The van der Waals surface area contributed by atoms with Crippen molar-refractivity contribution in [3.8, 4) is 0 Å². The monoisotopic (exact) mass is 414 g/mol. The van der Waals surface area contributed by atoms with Crippen LogP contribution in [-0.4, -0.2) is 30.6 Å². The van der Waals surface area contributed by atoms with Crippen molar-refractivity contribution in [1.82, 2.24) is 4.90 Å². The molecule has 2 unspecified atom stereocenters. The van der Waals surface area contributed by atoms with Crippen molar-refractivity contribution in [3.05, 3.63) is 114 Å². The molecule has 0 N–H and O–H groups in total. The van der Waals surface area contributed by atoms with Gasteiger partial charge in [0, 0.05) is 23.5 Å². The molecule has 31 heavy (non-hydrogen) atoms. The van der Waals surface area contributed by atoms with Gasteiger partial charge in [0.25, 0.3) is 0 Å². The van der Waals surface area contributed by atoms with Crippen LogP contribution in [0, 0.1) is 5.92 Å². The summed E-state index contributed by atoms with van der Waals surface area (Å²) in [7, 11) is 1.50. The zero-order valence-corrected chi connectivity index (χ0v) is 18.0. The maximum absolute atomic E-state index is 15.3. The van der Waals surface area contributed by atoms with E-state index in [9.17, 15) is 0 Å². The summed E-state index contributed by atoms with van der Waals surface area (Å²) in [5.74, 6) is 0.462. The first-order valence-corrected chi connectivity index (χ1v) is 10.5. The van der Waals surface area contributed by atoms with Crippen LogP contribution >= 0.6 is 0 Å². The topological polar surface area (TPSA) is 24.8 Å². The number of nitrogens with zero attached hydrogens (tertiary/aromatic N) is 2. The first-order chi connectivity index (χ1) is 15.1. The summed E-state index contributed by atoms with van der Waals surface area (Å²) in [6.07, 6.45) is 4.89. The number of hydrogen-bond donors (Lipinski definition) is 0. The molecule has 4 rings (SSSR count). The number of aliphatic imine (C=N–C) groups is 1. The number of alkyl halides is 1. The zero-order valence-electron chi connectivity index (χ0n) is 18.0. The minimum Gasteiger partial charge on any atom is -0.498 e. The first-order valence-electron chi connectivity index (χ1n) is 10.5. The molecule has 2 aromatic carbocycles. The lowest BCUT2D eigenvalue weighted by molar-refractivity contribution is 0.186. The summed E-state index contributed by atoms with van der Waals surface area (Å²) < 4.78 is 20.6. The molecule has 0 fully saturated rings. The lowest BCUT2D eigenvalue weighted by Gasteiger charge is -2.37. The SMILES string of the molecule is C=C1C(c2ccccc2)=C(C)N=C(C2C=CC=C(OC)C2F)N1CCc1ccccc1. The van der Waals surface area contributed by atoms with Crippen LogP contribution < -0.4 is 0 Å². The van der Waals surface area contributed by atoms with Crippen molar-refractivity contribution >= 4 is 11.4 Å². The molecule has 1 aliphatic heterocycles. The number of hydrogen-bond acceptors (Lipinski definition) is 3. The summed E-state index contributed by atoms with van der Waals surface area (Å²) in [4.78, 5) is 6.99. The van der Waals surface area contributed by atoms with Crippen LogP contribution in [-0.2, 0) is 11.2 Å². The molecule has 2 atom stereocenters. The number of ether oxygens (including phenoxy) is 1. The molecule has 0 saturated carbocycles. The minimum absolute atomic E-state index is 0.319. The summed E-state index contributed by atoms with van der Waals surface area (Å²) in [5.41, 5.74) is 4.96. The van der Waals surface area contributed by atoms with Gasteiger partial charge in [0.1, 0.15) is 11.6 Å². The molecule has 2 aliphatic rings. The molecule has 158 valence electrons. The molecule has 0 bridgehead atoms. The van der Waals surface area contributed by atoms with Crippen LogP contribution in [0.2, 0.25) is 0 Å². The average Bonchev–Trinajstić information content (AvgIpc) is 2.80. The Balaban J connectivity index is 1.73. The molecule has 0 radical (unpaired) electrons. The second-order valence-electron chi connectivity index (χ2n) is 7.72. The Morgan fingerprint density at radius 2 is 1.74 bits per heavy atom. The Hall–Kier alpha value is -3.40. The van der Waals surface area contributed by atoms with E-state index in [1.807, 2.05) is 55.5 Å². The van der Waals surface area contributed by atoms with E-state index in [1.165, 1.54) is 12.7 Å². The zero-order chi connectivity index (χ0) is 21.8. The second kappa shape index (κ2) is 9.17. The minimum atomic E-state index is -1.29. The summed E-state index contributed by atoms with van der Waals surface area (Å²) in [5, 5.41) is 0. The van der Waals surface area contributed by atoms with Gasteiger partial charge >= 0.3 is 0 Å². The Morgan fingerprint density at radius 3 is 2.42 bits per heavy atom. The highest BCUT2D eigenvalue weighted by molar-refractivity contribution is 5.97. The molecule has 0 amide bonds. The summed E-state index contributed by atoms with van der Waals surface area (Å²) in [6.45, 7) is 7.05. The third-order valence-corrected chi connectivity index (χ3v) is 5.76. The molecule has 1 aliphatic carbocycles. The highest BCUT2D eigenvalue weighted by atomic mass is 19.1. The van der Waals surface area contributed by atoms with Gasteiger partial charge in [-0.05, 0) is 30.5 Å². The Kier molecular flexibility index (Phi) is 6.17. The molecule has 1 heterocycles. The van der Waals surface area contributed by atoms with Crippen molar-refractivity contribution < 1.29 is 9.13 Å². The van der Waals surface area contributed by atoms with Crippen LogP contribution in [0.1, 0.15) is 18.1 Å². The van der Waals surface area contributed by atoms with E-state index in [1.54, 1.807) is 6.08 Å². The number of allylic oxidation sites excluding steroid dienone is 5. The average molecular weight is 415 g/mol. The van der Waals surface area contributed by atoms with Crippen molar-refractivity contribution in [2.45, 2.75) is 19.5 Å². The normalized spacial score (nSPS) is 21.1. The molecule has 0 spiro atoms. The fourth-order valence-corrected chi connectivity index (χ4v) is 4.17. The van der Waals surface area contributed by atoms with Crippen molar-refractivity contribution in [2.75, 3.05) is 13.7 Å². The van der Waals surface area contributed by atoms with E-state index in [4.69, 9.17) is 9.73 Å². The standard InChI is InChI=1S/C27H27FN2O/c1-19-25(22-13-8-5-9-14-22)20(2)30(18-17-21-11-6-4-7-12-21)27(29-19)23-15-10-16-24(31-3)26(23)28/h4-16,23,26H,2,17-18H2,1,3H3. The van der Waals surface area contributed by atoms with E-state index >= 15 is 4.39 Å². The molecule has 0 aromatic heterocycles. The maximum atomic E-state index is 15.3. The van der Waals surface area contributed by atoms with E-state index in [0.717, 1.165) is 29.0 Å². The van der Waals surface area contributed by atoms with E-state index in [0.29, 0.717) is 18.1 Å². The maximum Gasteiger partial charge on any atom is 0.170 e. The van der Waals surface area contributed by atoms with E-state index < -0.39 is 12.1 Å². The van der Waals surface area contributed by atoms with Crippen LogP contribution in [0.3, 0.4) is 0 Å². The van der Waals surface area contributed by atoms with Gasteiger partial charge < -0.3 is 9.64 Å². The van der Waals surface area contributed by atoms with Crippen LogP contribution in [0.5, 0.6) is 0 Å². The Bertz CT molecular complexity index is 1070. The van der Waals surface area contributed by atoms with Gasteiger partial charge in [-0.3, -0.25) is 0 Å². The number of amidine groups is 1. The fourth-order valence-electron chi connectivity index (χ4n) is 4.17. The second-order valence-corrected chi connectivity index (χ2v) is 7.72. The molecule has 3 nitrogen and oxygen atoms in total. The third-order valence-electron chi connectivity index (χ3n) is 5.76. The fraction of sp³-hybridized carbons (Fsp3) is 0.222. The van der Waals surface area contributed by atoms with Gasteiger partial charge in [-0.25, -0.2) is 9.38 Å². The lowest BCUT2D eigenvalue weighted by atomic mass is 9.91. The molecule has 2 aromatic rings. The summed E-state index contributed by atoms with van der Waals surface area (Å²) >= 11 is 0. The summed E-state index contributed by atoms with van der Waals surface area (Å²) in [6, 6.07) is 20.4. The molecular weight excluding hydrogens is 387 g/mol. The quantitative estimate of drug-likeness (QED) is 0.584. The van der Waals surface area contributed by atoms with E-state index in [2.05, 4.69) is 35.7 Å². The van der Waals surface area contributed by atoms with Gasteiger partial charge in [-0.2, -0.15) is 0 Å². The van der Waals surface area contributed by atoms with Crippen LogP contribution in [0.25, 0.3) is 5.57 Å². The smallest absolute Gasteiger partial charge is 0.170 e. The van der Waals surface area contributed by atoms with Gasteiger partial charge in [0.2, 0.25) is 0 Å². The third kappa shape index (κ3) is 4.24. The number of methoxy groups -OCH3 is 1. The van der Waals surface area contributed by atoms with Gasteiger partial charge in [0.05, 0.1) is 13.0 Å². The van der Waals surface area contributed by atoms with E-state index in [-0.39, 0.29) is 0 Å². The highest BCUT2D eigenvalue weighted by Gasteiger charge is 2.36. The predicted molar refractivity (Wildman–Crippen MR) is 125 cm³/mol. The lowest BCUT2D eigenvalue weighted by Crippen LogP contribution is -2.42. The number of rotatable bonds is 6. The molecule has 0 saturated heterocycles. The van der Waals surface area contributed by atoms with Crippen LogP contribution in [0.4, 0.5) is 4.39 Å². The number of halogens is 1. The number of benzene rings is 2. The highest BCUT2D eigenvalue weighted by Crippen LogP contribution is 2.37. The van der Waals surface area contributed by atoms with Gasteiger partial charge in [-0.1, -0.05) is 79.4 Å².